The lowest BCUT2D eigenvalue weighted by atomic mass is 9.85. The van der Waals surface area contributed by atoms with Crippen molar-refractivity contribution in [2.24, 2.45) is 11.8 Å². The van der Waals surface area contributed by atoms with E-state index in [4.69, 9.17) is 4.74 Å². The number of morpholine rings is 1. The minimum Gasteiger partial charge on any atom is -0.379 e. The number of aryl methyl sites for hydroxylation is 1. The van der Waals surface area contributed by atoms with Crippen molar-refractivity contribution >= 4 is 10.8 Å². The summed E-state index contributed by atoms with van der Waals surface area (Å²) in [5.41, 5.74) is 1.52. The fraction of sp³-hybridized carbons (Fsp3) is 0.583. The Morgan fingerprint density at radius 2 is 1.69 bits per heavy atom. The molecule has 1 saturated heterocycles. The highest BCUT2D eigenvalue weighted by atomic mass is 16.5. The molecule has 0 saturated carbocycles. The molecule has 1 heterocycles. The summed E-state index contributed by atoms with van der Waals surface area (Å²) in [7, 11) is 0. The van der Waals surface area contributed by atoms with Crippen LogP contribution in [0.15, 0.2) is 42.5 Å². The molecule has 1 unspecified atom stereocenters. The van der Waals surface area contributed by atoms with Crippen LogP contribution in [-0.2, 0) is 11.2 Å². The summed E-state index contributed by atoms with van der Waals surface area (Å²) in [5, 5.41) is 2.81. The van der Waals surface area contributed by atoms with Crippen LogP contribution in [-0.4, -0.2) is 37.7 Å². The molecule has 0 amide bonds. The van der Waals surface area contributed by atoms with Crippen molar-refractivity contribution in [3.8, 4) is 0 Å². The summed E-state index contributed by atoms with van der Waals surface area (Å²) < 4.78 is 5.44. The van der Waals surface area contributed by atoms with Crippen LogP contribution in [0, 0.1) is 11.8 Å². The Labute approximate surface area is 159 Å². The first-order chi connectivity index (χ1) is 12.7. The fourth-order valence-electron chi connectivity index (χ4n) is 4.23. The van der Waals surface area contributed by atoms with Gasteiger partial charge in [-0.05, 0) is 54.0 Å². The number of hydrogen-bond donors (Lipinski definition) is 0. The molecule has 2 aromatic rings. The number of benzene rings is 2. The monoisotopic (exact) mass is 353 g/mol. The molecule has 2 heteroatoms. The van der Waals surface area contributed by atoms with E-state index in [1.54, 1.807) is 0 Å². The molecule has 1 atom stereocenters. The van der Waals surface area contributed by atoms with Gasteiger partial charge in [0.15, 0.2) is 0 Å². The number of fused-ring (bicyclic) bond motifs is 1. The molecule has 0 spiro atoms. The van der Waals surface area contributed by atoms with Crippen LogP contribution >= 0.6 is 0 Å². The van der Waals surface area contributed by atoms with E-state index in [9.17, 15) is 0 Å². The quantitative estimate of drug-likeness (QED) is 0.548. The molecule has 0 aliphatic carbocycles. The summed E-state index contributed by atoms with van der Waals surface area (Å²) in [6.45, 7) is 10.1. The lowest BCUT2D eigenvalue weighted by Crippen LogP contribution is -2.36. The van der Waals surface area contributed by atoms with Gasteiger partial charge in [-0.25, -0.2) is 0 Å². The second-order valence-corrected chi connectivity index (χ2v) is 8.13. The van der Waals surface area contributed by atoms with Gasteiger partial charge >= 0.3 is 0 Å². The average molecular weight is 354 g/mol. The van der Waals surface area contributed by atoms with E-state index < -0.39 is 0 Å². The Bertz CT molecular complexity index is 655. The van der Waals surface area contributed by atoms with Crippen LogP contribution in [0.4, 0.5) is 0 Å². The Kier molecular flexibility index (Phi) is 7.52. The second kappa shape index (κ2) is 10.1. The van der Waals surface area contributed by atoms with E-state index in [0.717, 1.165) is 38.1 Å². The van der Waals surface area contributed by atoms with Gasteiger partial charge < -0.3 is 4.74 Å². The molecule has 1 aliphatic heterocycles. The number of rotatable bonds is 9. The predicted octanol–water partition coefficient (Wildman–Crippen LogP) is 5.55. The molecule has 1 fully saturated rings. The normalized spacial score (nSPS) is 17.0. The topological polar surface area (TPSA) is 12.5 Å². The van der Waals surface area contributed by atoms with Crippen molar-refractivity contribution in [3.05, 3.63) is 48.0 Å². The van der Waals surface area contributed by atoms with Gasteiger partial charge in [0.25, 0.3) is 0 Å². The first-order valence-electron chi connectivity index (χ1n) is 10.5. The van der Waals surface area contributed by atoms with E-state index in [0.29, 0.717) is 0 Å². The zero-order chi connectivity index (χ0) is 18.2. The van der Waals surface area contributed by atoms with Gasteiger partial charge in [0.2, 0.25) is 0 Å². The van der Waals surface area contributed by atoms with Crippen molar-refractivity contribution in [1.29, 1.82) is 0 Å². The van der Waals surface area contributed by atoms with Gasteiger partial charge in [-0.3, -0.25) is 4.90 Å². The fourth-order valence-corrected chi connectivity index (χ4v) is 4.23. The van der Waals surface area contributed by atoms with Crippen LogP contribution in [0.1, 0.15) is 45.1 Å². The summed E-state index contributed by atoms with van der Waals surface area (Å²) in [5.74, 6) is 1.60. The predicted molar refractivity (Wildman–Crippen MR) is 112 cm³/mol. The van der Waals surface area contributed by atoms with Crippen LogP contribution in [0.2, 0.25) is 0 Å². The molecule has 26 heavy (non-hydrogen) atoms. The van der Waals surface area contributed by atoms with Crippen LogP contribution in [0.3, 0.4) is 0 Å². The third-order valence-electron chi connectivity index (χ3n) is 6.01. The highest BCUT2D eigenvalue weighted by Crippen LogP contribution is 2.26. The molecule has 142 valence electrons. The van der Waals surface area contributed by atoms with E-state index >= 15 is 0 Å². The number of unbranched alkanes of at least 4 members (excludes halogenated alkanes) is 1. The van der Waals surface area contributed by atoms with Crippen molar-refractivity contribution in [2.45, 2.75) is 46.0 Å². The second-order valence-electron chi connectivity index (χ2n) is 8.13. The Morgan fingerprint density at radius 3 is 2.50 bits per heavy atom. The van der Waals surface area contributed by atoms with Crippen molar-refractivity contribution in [1.82, 2.24) is 4.90 Å². The van der Waals surface area contributed by atoms with E-state index in [1.807, 2.05) is 0 Å². The molecule has 0 aromatic heterocycles. The first kappa shape index (κ1) is 19.4. The molecular weight excluding hydrogens is 318 g/mol. The van der Waals surface area contributed by atoms with Gasteiger partial charge in [0, 0.05) is 13.1 Å². The number of nitrogens with zero attached hydrogens (tertiary/aromatic N) is 1. The highest BCUT2D eigenvalue weighted by molar-refractivity contribution is 5.85. The summed E-state index contributed by atoms with van der Waals surface area (Å²) in [6.07, 6.45) is 6.57. The van der Waals surface area contributed by atoms with Gasteiger partial charge in [0.1, 0.15) is 0 Å². The Morgan fingerprint density at radius 1 is 0.923 bits per heavy atom. The lowest BCUT2D eigenvalue weighted by Gasteiger charge is -2.27. The molecule has 3 rings (SSSR count). The molecular formula is C24H35NO. The average Bonchev–Trinajstić information content (AvgIpc) is 2.68. The SMILES string of the molecule is CC(C)C(CCCCN1CCOCC1)CCc1cccc2ccccc12. The summed E-state index contributed by atoms with van der Waals surface area (Å²) in [6, 6.07) is 15.6. The minimum absolute atomic E-state index is 0.772. The maximum Gasteiger partial charge on any atom is 0.0594 e. The third-order valence-corrected chi connectivity index (χ3v) is 6.01. The molecule has 0 radical (unpaired) electrons. The van der Waals surface area contributed by atoms with E-state index in [2.05, 4.69) is 61.2 Å². The third kappa shape index (κ3) is 5.56. The summed E-state index contributed by atoms with van der Waals surface area (Å²) >= 11 is 0. The van der Waals surface area contributed by atoms with Crippen LogP contribution in [0.5, 0.6) is 0 Å². The van der Waals surface area contributed by atoms with Crippen molar-refractivity contribution in [3.63, 3.8) is 0 Å². The smallest absolute Gasteiger partial charge is 0.0594 e. The van der Waals surface area contributed by atoms with E-state index in [-0.39, 0.29) is 0 Å². The standard InChI is InChI=1S/C24H35NO/c1-20(2)21(8-5-6-15-25-16-18-26-19-17-25)13-14-23-11-7-10-22-9-3-4-12-24(22)23/h3-4,7,9-12,20-21H,5-6,8,13-19H2,1-2H3. The largest absolute Gasteiger partial charge is 0.379 e. The Balaban J connectivity index is 1.47. The van der Waals surface area contributed by atoms with Gasteiger partial charge in [0.05, 0.1) is 13.2 Å². The zero-order valence-corrected chi connectivity index (χ0v) is 16.6. The van der Waals surface area contributed by atoms with Gasteiger partial charge in [-0.15, -0.1) is 0 Å². The first-order valence-corrected chi connectivity index (χ1v) is 10.5. The molecule has 2 nitrogen and oxygen atoms in total. The van der Waals surface area contributed by atoms with E-state index in [1.165, 1.54) is 55.0 Å². The Hall–Kier alpha value is -1.38. The van der Waals surface area contributed by atoms with Gasteiger partial charge in [-0.2, -0.15) is 0 Å². The maximum absolute atomic E-state index is 5.44. The summed E-state index contributed by atoms with van der Waals surface area (Å²) in [4.78, 5) is 2.56. The zero-order valence-electron chi connectivity index (χ0n) is 16.6. The molecule has 2 aromatic carbocycles. The van der Waals surface area contributed by atoms with Crippen molar-refractivity contribution < 1.29 is 4.74 Å². The van der Waals surface area contributed by atoms with Crippen LogP contribution < -0.4 is 0 Å². The molecule has 0 N–H and O–H groups in total. The molecule has 0 bridgehead atoms. The van der Waals surface area contributed by atoms with Gasteiger partial charge in [-0.1, -0.05) is 69.2 Å². The van der Waals surface area contributed by atoms with Crippen LogP contribution in [0.25, 0.3) is 10.8 Å². The number of hydrogen-bond acceptors (Lipinski definition) is 2. The minimum atomic E-state index is 0.772. The molecule has 1 aliphatic rings. The lowest BCUT2D eigenvalue weighted by molar-refractivity contribution is 0.0369. The number of ether oxygens (including phenoxy) is 1. The maximum atomic E-state index is 5.44. The van der Waals surface area contributed by atoms with Crippen molar-refractivity contribution in [2.75, 3.05) is 32.8 Å². The highest BCUT2D eigenvalue weighted by Gasteiger charge is 2.15.